The van der Waals surface area contributed by atoms with E-state index in [1.165, 1.54) is 18.6 Å². The zero-order chi connectivity index (χ0) is 10.6. The zero-order valence-corrected chi connectivity index (χ0v) is 8.97. The summed E-state index contributed by atoms with van der Waals surface area (Å²) in [5.41, 5.74) is 8.87. The Hall–Kier alpha value is -1.06. The number of fused-ring (bicyclic) bond motifs is 2. The van der Waals surface area contributed by atoms with Crippen LogP contribution in [0.5, 0.6) is 0 Å². The number of carbonyl (C=O) groups excluding carboxylic acids is 1. The van der Waals surface area contributed by atoms with Gasteiger partial charge in [-0.3, -0.25) is 0 Å². The molecule has 0 spiro atoms. The summed E-state index contributed by atoms with van der Waals surface area (Å²) in [7, 11) is 0. The average molecular weight is 217 g/mol. The van der Waals surface area contributed by atoms with E-state index in [0.29, 0.717) is 5.92 Å². The van der Waals surface area contributed by atoms with Crippen LogP contribution in [0.15, 0.2) is 5.10 Å². The number of hydrogen-bond acceptors (Lipinski definition) is 2. The molecule has 2 bridgehead atoms. The molecule has 3 N–H and O–H groups in total. The summed E-state index contributed by atoms with van der Waals surface area (Å²) in [6.07, 6.45) is 2.90. The average Bonchev–Trinajstić information content (AvgIpc) is 2.72. The van der Waals surface area contributed by atoms with Gasteiger partial charge < -0.3 is 5.73 Å². The molecule has 0 radical (unpaired) electrons. The Labute approximate surface area is 93.6 Å². The van der Waals surface area contributed by atoms with Gasteiger partial charge in [-0.25, -0.2) is 10.2 Å². The monoisotopic (exact) mass is 217 g/mol. The molecule has 5 fully saturated rings. The molecule has 5 aliphatic carbocycles. The highest BCUT2D eigenvalue weighted by Crippen LogP contribution is 2.81. The van der Waals surface area contributed by atoms with Crippen molar-refractivity contribution in [2.75, 3.05) is 0 Å². The molecule has 4 nitrogen and oxygen atoms in total. The lowest BCUT2D eigenvalue weighted by molar-refractivity contribution is 0.0503. The lowest BCUT2D eigenvalue weighted by Gasteiger charge is -2.44. The Morgan fingerprint density at radius 3 is 2.69 bits per heavy atom. The first-order valence-corrected chi connectivity index (χ1v) is 6.40. The number of nitrogens with two attached hydrogens (primary N) is 1. The van der Waals surface area contributed by atoms with Crippen LogP contribution in [-0.2, 0) is 0 Å². The highest BCUT2D eigenvalue weighted by molar-refractivity contribution is 5.96. The molecule has 5 rings (SSSR count). The Kier molecular flexibility index (Phi) is 1.09. The molecular formula is C12H15N3O. The first-order valence-electron chi connectivity index (χ1n) is 6.40. The molecule has 84 valence electrons. The highest BCUT2D eigenvalue weighted by atomic mass is 16.2. The summed E-state index contributed by atoms with van der Waals surface area (Å²) in [6.45, 7) is 0. The predicted octanol–water partition coefficient (Wildman–Crippen LogP) is 0.788. The summed E-state index contributed by atoms with van der Waals surface area (Å²) in [5, 5.41) is 4.33. The van der Waals surface area contributed by atoms with Gasteiger partial charge >= 0.3 is 6.03 Å². The van der Waals surface area contributed by atoms with Crippen molar-refractivity contribution in [3.05, 3.63) is 0 Å². The number of hydrazone groups is 1. The van der Waals surface area contributed by atoms with Gasteiger partial charge in [0.05, 0.1) is 0 Å². The number of urea groups is 1. The predicted molar refractivity (Wildman–Crippen MR) is 57.3 cm³/mol. The second-order valence-electron chi connectivity index (χ2n) is 6.35. The molecule has 5 saturated carbocycles. The maximum absolute atomic E-state index is 10.8. The minimum absolute atomic E-state index is 0.522. The van der Waals surface area contributed by atoms with Crippen LogP contribution in [0.4, 0.5) is 4.79 Å². The van der Waals surface area contributed by atoms with E-state index >= 15 is 0 Å². The van der Waals surface area contributed by atoms with Crippen molar-refractivity contribution < 1.29 is 4.79 Å². The third-order valence-electron chi connectivity index (χ3n) is 6.34. The second-order valence-corrected chi connectivity index (χ2v) is 6.35. The van der Waals surface area contributed by atoms with Gasteiger partial charge in [0.1, 0.15) is 0 Å². The molecule has 0 aromatic rings. The topological polar surface area (TPSA) is 67.5 Å². The Morgan fingerprint density at radius 1 is 1.12 bits per heavy atom. The van der Waals surface area contributed by atoms with Gasteiger partial charge in [0.25, 0.3) is 0 Å². The fourth-order valence-corrected chi connectivity index (χ4v) is 6.40. The summed E-state index contributed by atoms with van der Waals surface area (Å²) in [5.74, 6) is 7.16. The molecule has 2 amide bonds. The first kappa shape index (κ1) is 8.09. The molecule has 8 atom stereocenters. The lowest BCUT2D eigenvalue weighted by atomic mass is 9.59. The van der Waals surface area contributed by atoms with Crippen molar-refractivity contribution in [2.24, 2.45) is 58.2 Å². The normalized spacial score (nSPS) is 64.4. The molecule has 0 saturated heterocycles. The van der Waals surface area contributed by atoms with Crippen LogP contribution in [0.2, 0.25) is 0 Å². The Balaban J connectivity index is 1.60. The molecule has 4 heteroatoms. The van der Waals surface area contributed by atoms with E-state index in [2.05, 4.69) is 10.5 Å². The van der Waals surface area contributed by atoms with Gasteiger partial charge in [0.15, 0.2) is 0 Å². The van der Waals surface area contributed by atoms with Crippen molar-refractivity contribution in [3.63, 3.8) is 0 Å². The van der Waals surface area contributed by atoms with E-state index in [9.17, 15) is 4.79 Å². The fourth-order valence-electron chi connectivity index (χ4n) is 6.40. The number of carbonyl (C=O) groups is 1. The van der Waals surface area contributed by atoms with Gasteiger partial charge in [-0.05, 0) is 48.3 Å². The molecule has 0 aliphatic heterocycles. The largest absolute Gasteiger partial charge is 0.350 e. The van der Waals surface area contributed by atoms with Gasteiger partial charge in [0.2, 0.25) is 0 Å². The fraction of sp³-hybridized carbons (Fsp3) is 0.833. The van der Waals surface area contributed by atoms with E-state index in [1.54, 1.807) is 0 Å². The third-order valence-corrected chi connectivity index (χ3v) is 6.34. The number of hydrogen-bond donors (Lipinski definition) is 2. The Morgan fingerprint density at radius 2 is 1.88 bits per heavy atom. The van der Waals surface area contributed by atoms with Crippen LogP contribution >= 0.6 is 0 Å². The van der Waals surface area contributed by atoms with E-state index in [0.717, 1.165) is 41.4 Å². The van der Waals surface area contributed by atoms with Gasteiger partial charge in [-0.2, -0.15) is 5.10 Å². The number of primary amides is 1. The van der Waals surface area contributed by atoms with Crippen LogP contribution in [0, 0.1) is 47.3 Å². The Bertz CT molecular complexity index is 440. The zero-order valence-electron chi connectivity index (χ0n) is 8.97. The van der Waals surface area contributed by atoms with Crippen LogP contribution in [0.25, 0.3) is 0 Å². The summed E-state index contributed by atoms with van der Waals surface area (Å²) in [4.78, 5) is 10.8. The SMILES string of the molecule is NC(=O)N/N=C1/[C@@H]2[C@@H]3C[C@H]4[C@H]1[C@H]1[C@H]2C[C@@H]3[C@H]41. The quantitative estimate of drug-likeness (QED) is 0.626. The number of nitrogens with one attached hydrogen (secondary N) is 1. The van der Waals surface area contributed by atoms with Crippen molar-refractivity contribution in [3.8, 4) is 0 Å². The van der Waals surface area contributed by atoms with Crippen molar-refractivity contribution in [1.29, 1.82) is 0 Å². The lowest BCUT2D eigenvalue weighted by Crippen LogP contribution is -2.44. The van der Waals surface area contributed by atoms with Gasteiger partial charge in [-0.15, -0.1) is 0 Å². The smallest absolute Gasteiger partial charge is 0.332 e. The summed E-state index contributed by atoms with van der Waals surface area (Å²) >= 11 is 0. The molecule has 0 aromatic heterocycles. The van der Waals surface area contributed by atoms with E-state index < -0.39 is 6.03 Å². The standard InChI is InChI=1S/C12H15N3O/c13-12(16)15-14-11-8-4-2-5-7-3(4)1-6(8)9(7)10(5)11/h3-10H,1-2H2,(H3,13,15,16)/b14-11-/t3-,4+,5+,6-,7+,8+,9-,10-/m0/s1. The maximum Gasteiger partial charge on any atom is 0.332 e. The van der Waals surface area contributed by atoms with E-state index in [1.807, 2.05) is 0 Å². The highest BCUT2D eigenvalue weighted by Gasteiger charge is 2.79. The first-order chi connectivity index (χ1) is 7.77. The number of amides is 2. The number of nitrogens with zero attached hydrogens (tertiary/aromatic N) is 1. The van der Waals surface area contributed by atoms with Crippen molar-refractivity contribution >= 4 is 11.7 Å². The molecule has 0 unspecified atom stereocenters. The van der Waals surface area contributed by atoms with Crippen LogP contribution in [0.1, 0.15) is 12.8 Å². The van der Waals surface area contributed by atoms with E-state index in [4.69, 9.17) is 5.73 Å². The van der Waals surface area contributed by atoms with Crippen LogP contribution < -0.4 is 11.2 Å². The second kappa shape index (κ2) is 2.15. The minimum Gasteiger partial charge on any atom is -0.350 e. The summed E-state index contributed by atoms with van der Waals surface area (Å²) < 4.78 is 0. The molecule has 5 aliphatic rings. The third kappa shape index (κ3) is 0.590. The molecular weight excluding hydrogens is 202 g/mol. The van der Waals surface area contributed by atoms with Gasteiger partial charge in [-0.1, -0.05) is 0 Å². The molecule has 16 heavy (non-hydrogen) atoms. The van der Waals surface area contributed by atoms with Crippen LogP contribution in [0.3, 0.4) is 0 Å². The molecule has 0 aromatic carbocycles. The minimum atomic E-state index is -0.522. The number of rotatable bonds is 1. The molecule has 0 heterocycles. The van der Waals surface area contributed by atoms with Crippen LogP contribution in [-0.4, -0.2) is 11.7 Å². The van der Waals surface area contributed by atoms with E-state index in [-0.39, 0.29) is 0 Å². The van der Waals surface area contributed by atoms with Gasteiger partial charge in [0, 0.05) is 17.5 Å². The van der Waals surface area contributed by atoms with Crippen molar-refractivity contribution in [2.45, 2.75) is 12.8 Å². The summed E-state index contributed by atoms with van der Waals surface area (Å²) in [6, 6.07) is -0.522. The van der Waals surface area contributed by atoms with Crippen molar-refractivity contribution in [1.82, 2.24) is 5.43 Å². The maximum atomic E-state index is 10.8.